The Morgan fingerprint density at radius 1 is 1.11 bits per heavy atom. The molecule has 28 heavy (non-hydrogen) atoms. The van der Waals surface area contributed by atoms with E-state index in [1.165, 1.54) is 12.1 Å². The van der Waals surface area contributed by atoms with Gasteiger partial charge in [-0.15, -0.1) is 0 Å². The number of carbonyl (C=O) groups excluding carboxylic acids is 1. The van der Waals surface area contributed by atoms with Crippen LogP contribution in [0.5, 0.6) is 5.75 Å². The summed E-state index contributed by atoms with van der Waals surface area (Å²) in [5.74, 6) is 0.200. The highest BCUT2D eigenvalue weighted by atomic mass is 19.4. The maximum Gasteiger partial charge on any atom is 0.405 e. The highest BCUT2D eigenvalue weighted by Crippen LogP contribution is 2.24. The Hall–Kier alpha value is -2.74. The minimum absolute atomic E-state index is 0.101. The van der Waals surface area contributed by atoms with E-state index in [1.54, 1.807) is 36.4 Å². The van der Waals surface area contributed by atoms with E-state index in [2.05, 4.69) is 10.6 Å². The molecule has 1 fully saturated rings. The van der Waals surface area contributed by atoms with Gasteiger partial charge in [-0.05, 0) is 49.2 Å². The van der Waals surface area contributed by atoms with Gasteiger partial charge in [0.2, 0.25) is 0 Å². The highest BCUT2D eigenvalue weighted by Gasteiger charge is 2.27. The molecule has 3 rings (SSSR count). The van der Waals surface area contributed by atoms with Gasteiger partial charge in [0.15, 0.2) is 0 Å². The maximum atomic E-state index is 12.4. The van der Waals surface area contributed by atoms with Crippen molar-refractivity contribution >= 4 is 17.3 Å². The van der Waals surface area contributed by atoms with Crippen LogP contribution in [0.2, 0.25) is 0 Å². The molecule has 1 amide bonds. The predicted molar refractivity (Wildman–Crippen MR) is 99.9 cm³/mol. The summed E-state index contributed by atoms with van der Waals surface area (Å²) in [7, 11) is 0. The topological polar surface area (TPSA) is 59.6 Å². The first-order valence-corrected chi connectivity index (χ1v) is 8.96. The van der Waals surface area contributed by atoms with E-state index in [9.17, 15) is 18.0 Å². The molecule has 2 N–H and O–H groups in total. The fourth-order valence-electron chi connectivity index (χ4n) is 2.80. The standard InChI is InChI=1S/C20H21F3N2O3/c21-20(22,23)13-24-17-5-1-2-6-18(17)25-19(26)14-7-9-15(10-8-14)28-12-16-4-3-11-27-16/h1-2,5-10,16,24H,3-4,11-13H2,(H,25,26). The van der Waals surface area contributed by atoms with Crippen molar-refractivity contribution in [2.45, 2.75) is 25.1 Å². The van der Waals surface area contributed by atoms with Crippen molar-refractivity contribution < 1.29 is 27.4 Å². The van der Waals surface area contributed by atoms with Crippen molar-refractivity contribution in [1.29, 1.82) is 0 Å². The summed E-state index contributed by atoms with van der Waals surface area (Å²) in [4.78, 5) is 12.4. The molecule has 1 unspecified atom stereocenters. The Balaban J connectivity index is 1.58. The van der Waals surface area contributed by atoms with Crippen LogP contribution in [0.3, 0.4) is 0 Å². The molecule has 1 heterocycles. The SMILES string of the molecule is O=C(Nc1ccccc1NCC(F)(F)F)c1ccc(OCC2CCCO2)cc1. The summed E-state index contributed by atoms with van der Waals surface area (Å²) < 4.78 is 48.4. The van der Waals surface area contributed by atoms with Gasteiger partial charge in [-0.2, -0.15) is 13.2 Å². The zero-order valence-corrected chi connectivity index (χ0v) is 15.1. The number of carbonyl (C=O) groups is 1. The number of para-hydroxylation sites is 2. The van der Waals surface area contributed by atoms with Gasteiger partial charge in [-0.1, -0.05) is 12.1 Å². The molecule has 5 nitrogen and oxygen atoms in total. The number of hydrogen-bond acceptors (Lipinski definition) is 4. The van der Waals surface area contributed by atoms with Crippen molar-refractivity contribution in [3.05, 3.63) is 54.1 Å². The van der Waals surface area contributed by atoms with Crippen LogP contribution in [0.1, 0.15) is 23.2 Å². The van der Waals surface area contributed by atoms with Gasteiger partial charge in [0, 0.05) is 12.2 Å². The molecular weight excluding hydrogens is 373 g/mol. The quantitative estimate of drug-likeness (QED) is 0.728. The summed E-state index contributed by atoms with van der Waals surface area (Å²) >= 11 is 0. The molecule has 1 aliphatic heterocycles. The minimum Gasteiger partial charge on any atom is -0.491 e. The normalized spacial score (nSPS) is 16.6. The number of alkyl halides is 3. The van der Waals surface area contributed by atoms with Crippen molar-refractivity contribution in [3.8, 4) is 5.75 Å². The van der Waals surface area contributed by atoms with Gasteiger partial charge in [0.05, 0.1) is 17.5 Å². The molecule has 2 aromatic rings. The van der Waals surface area contributed by atoms with E-state index in [0.717, 1.165) is 19.4 Å². The molecule has 1 aliphatic rings. The third-order valence-electron chi connectivity index (χ3n) is 4.23. The van der Waals surface area contributed by atoms with Gasteiger partial charge in [-0.25, -0.2) is 0 Å². The van der Waals surface area contributed by atoms with E-state index in [1.807, 2.05) is 0 Å². The number of rotatable bonds is 7. The summed E-state index contributed by atoms with van der Waals surface area (Å²) in [5, 5.41) is 4.92. The van der Waals surface area contributed by atoms with E-state index in [-0.39, 0.29) is 17.5 Å². The Labute approximate surface area is 160 Å². The summed E-state index contributed by atoms with van der Waals surface area (Å²) in [6, 6.07) is 12.8. The fraction of sp³-hybridized carbons (Fsp3) is 0.350. The van der Waals surface area contributed by atoms with Crippen LogP contribution in [0.25, 0.3) is 0 Å². The Kier molecular flexibility index (Phi) is 6.41. The number of benzene rings is 2. The van der Waals surface area contributed by atoms with Gasteiger partial charge in [0.25, 0.3) is 5.91 Å². The maximum absolute atomic E-state index is 12.4. The second-order valence-electron chi connectivity index (χ2n) is 6.44. The van der Waals surface area contributed by atoms with E-state index in [4.69, 9.17) is 9.47 Å². The lowest BCUT2D eigenvalue weighted by molar-refractivity contribution is -0.115. The molecular formula is C20H21F3N2O3. The highest BCUT2D eigenvalue weighted by molar-refractivity contribution is 6.05. The van der Waals surface area contributed by atoms with Crippen molar-refractivity contribution in [1.82, 2.24) is 0 Å². The summed E-state index contributed by atoms with van der Waals surface area (Å²) in [6.07, 6.45) is -2.24. The number of anilines is 2. The molecule has 0 aliphatic carbocycles. The van der Waals surface area contributed by atoms with Crippen molar-refractivity contribution in [2.24, 2.45) is 0 Å². The van der Waals surface area contributed by atoms with Crippen molar-refractivity contribution in [2.75, 3.05) is 30.4 Å². The van der Waals surface area contributed by atoms with Gasteiger partial charge < -0.3 is 20.1 Å². The zero-order valence-electron chi connectivity index (χ0n) is 15.1. The Morgan fingerprint density at radius 3 is 2.46 bits per heavy atom. The van der Waals surface area contributed by atoms with Gasteiger partial charge in [0.1, 0.15) is 18.9 Å². The fourth-order valence-corrected chi connectivity index (χ4v) is 2.80. The third-order valence-corrected chi connectivity index (χ3v) is 4.23. The van der Waals surface area contributed by atoms with Crippen LogP contribution < -0.4 is 15.4 Å². The lowest BCUT2D eigenvalue weighted by Gasteiger charge is -2.15. The Morgan fingerprint density at radius 2 is 1.82 bits per heavy atom. The molecule has 0 bridgehead atoms. The number of hydrogen-bond donors (Lipinski definition) is 2. The van der Waals surface area contributed by atoms with Crippen LogP contribution in [0.15, 0.2) is 48.5 Å². The average molecular weight is 394 g/mol. The molecule has 0 radical (unpaired) electrons. The van der Waals surface area contributed by atoms with E-state index in [0.29, 0.717) is 17.9 Å². The van der Waals surface area contributed by atoms with Gasteiger partial charge >= 0.3 is 6.18 Å². The Bertz CT molecular complexity index is 788. The summed E-state index contributed by atoms with van der Waals surface area (Å²) in [5.41, 5.74) is 0.843. The number of halogens is 3. The monoisotopic (exact) mass is 394 g/mol. The number of amides is 1. The predicted octanol–water partition coefficient (Wildman–Crippen LogP) is 4.47. The molecule has 0 spiro atoms. The molecule has 150 valence electrons. The lowest BCUT2D eigenvalue weighted by atomic mass is 10.2. The second-order valence-corrected chi connectivity index (χ2v) is 6.44. The number of ether oxygens (including phenoxy) is 2. The molecule has 1 saturated heterocycles. The first-order chi connectivity index (χ1) is 13.4. The minimum atomic E-state index is -4.35. The zero-order chi connectivity index (χ0) is 20.0. The van der Waals surface area contributed by atoms with Crippen LogP contribution in [0, 0.1) is 0 Å². The van der Waals surface area contributed by atoms with Crippen LogP contribution in [-0.2, 0) is 4.74 Å². The molecule has 2 aromatic carbocycles. The van der Waals surface area contributed by atoms with Crippen LogP contribution in [-0.4, -0.2) is 37.9 Å². The molecule has 8 heteroatoms. The van der Waals surface area contributed by atoms with E-state index >= 15 is 0 Å². The first kappa shape index (κ1) is 20.0. The molecule has 1 atom stereocenters. The van der Waals surface area contributed by atoms with Gasteiger partial charge in [-0.3, -0.25) is 4.79 Å². The number of nitrogens with one attached hydrogen (secondary N) is 2. The first-order valence-electron chi connectivity index (χ1n) is 8.96. The smallest absolute Gasteiger partial charge is 0.405 e. The molecule has 0 saturated carbocycles. The lowest BCUT2D eigenvalue weighted by Crippen LogP contribution is -2.22. The van der Waals surface area contributed by atoms with Crippen molar-refractivity contribution in [3.63, 3.8) is 0 Å². The van der Waals surface area contributed by atoms with E-state index < -0.39 is 18.6 Å². The summed E-state index contributed by atoms with van der Waals surface area (Å²) in [6.45, 7) is 0.0346. The van der Waals surface area contributed by atoms with Crippen LogP contribution >= 0.6 is 0 Å². The average Bonchev–Trinajstić information content (AvgIpc) is 3.19. The van der Waals surface area contributed by atoms with Crippen LogP contribution in [0.4, 0.5) is 24.5 Å². The molecule has 0 aromatic heterocycles. The second kappa shape index (κ2) is 8.97. The third kappa shape index (κ3) is 5.88. The largest absolute Gasteiger partial charge is 0.491 e.